The monoisotopic (exact) mass is 301 g/mol. The van der Waals surface area contributed by atoms with Crippen molar-refractivity contribution in [2.75, 3.05) is 13.1 Å². The van der Waals surface area contributed by atoms with Crippen LogP contribution < -0.4 is 0 Å². The fraction of sp³-hybridized carbons (Fsp3) is 0.900. The Hall–Kier alpha value is -0.260. The van der Waals surface area contributed by atoms with Crippen molar-refractivity contribution in [3.8, 4) is 0 Å². The smallest absolute Gasteiger partial charge is 0.341 e. The lowest BCUT2D eigenvalue weighted by molar-refractivity contribution is -0.186. The Bertz CT molecular complexity index is 264. The fourth-order valence-corrected chi connectivity index (χ4v) is 2.04. The second kappa shape index (κ2) is 4.55. The van der Waals surface area contributed by atoms with Crippen LogP contribution in [0.25, 0.3) is 0 Å². The Morgan fingerprint density at radius 2 is 1.69 bits per heavy atom. The summed E-state index contributed by atoms with van der Waals surface area (Å²) < 4.78 is 36.5. The van der Waals surface area contributed by atoms with E-state index in [1.54, 1.807) is 13.8 Å². The van der Waals surface area contributed by atoms with E-state index in [2.05, 4.69) is 15.9 Å². The van der Waals surface area contributed by atoms with Crippen molar-refractivity contribution >= 4 is 21.8 Å². The summed E-state index contributed by atoms with van der Waals surface area (Å²) >= 11 is 3.22. The molecule has 1 rings (SSSR count). The Morgan fingerprint density at radius 3 is 2.00 bits per heavy atom. The fourth-order valence-electron chi connectivity index (χ4n) is 1.79. The molecular weight excluding hydrogens is 287 g/mol. The summed E-state index contributed by atoms with van der Waals surface area (Å²) in [5.74, 6) is -1.40. The molecule has 0 atom stereocenters. The standard InChI is InChI=1S/C10H15BrF3NO/c1-9(2,11)8(16)15-5-3-7(4-6-15)10(12,13)14/h7H,3-6H2,1-2H3. The SMILES string of the molecule is CC(C)(Br)C(=O)N1CCC(C(F)(F)F)CC1. The number of alkyl halides is 4. The first kappa shape index (κ1) is 13.8. The van der Waals surface area contributed by atoms with Gasteiger partial charge in [-0.1, -0.05) is 15.9 Å². The highest BCUT2D eigenvalue weighted by Gasteiger charge is 2.42. The van der Waals surface area contributed by atoms with Crippen LogP contribution in [0.3, 0.4) is 0 Å². The lowest BCUT2D eigenvalue weighted by Crippen LogP contribution is -2.47. The normalized spacial score (nSPS) is 20.0. The van der Waals surface area contributed by atoms with Crippen LogP contribution in [0.4, 0.5) is 13.2 Å². The highest BCUT2D eigenvalue weighted by Crippen LogP contribution is 2.35. The Balaban J connectivity index is 2.53. The average Bonchev–Trinajstić information content (AvgIpc) is 2.14. The van der Waals surface area contributed by atoms with Gasteiger partial charge in [-0.15, -0.1) is 0 Å². The quantitative estimate of drug-likeness (QED) is 0.682. The van der Waals surface area contributed by atoms with Crippen LogP contribution in [-0.2, 0) is 4.79 Å². The third-order valence-corrected chi connectivity index (χ3v) is 3.09. The van der Waals surface area contributed by atoms with Crippen molar-refractivity contribution in [2.24, 2.45) is 5.92 Å². The molecule has 1 aliphatic rings. The summed E-state index contributed by atoms with van der Waals surface area (Å²) in [6.45, 7) is 3.78. The van der Waals surface area contributed by atoms with Gasteiger partial charge in [-0.2, -0.15) is 13.2 Å². The van der Waals surface area contributed by atoms with Crippen LogP contribution in [0, 0.1) is 5.92 Å². The summed E-state index contributed by atoms with van der Waals surface area (Å²) in [6.07, 6.45) is -4.10. The van der Waals surface area contributed by atoms with Crippen LogP contribution in [0.2, 0.25) is 0 Å². The number of carbonyl (C=O) groups is 1. The molecule has 0 unspecified atom stereocenters. The summed E-state index contributed by atoms with van der Waals surface area (Å²) in [5, 5.41) is 0. The average molecular weight is 302 g/mol. The number of hydrogen-bond donors (Lipinski definition) is 0. The zero-order valence-electron chi connectivity index (χ0n) is 9.27. The number of halogens is 4. The number of amides is 1. The van der Waals surface area contributed by atoms with Gasteiger partial charge in [-0.05, 0) is 26.7 Å². The first-order valence-corrected chi connectivity index (χ1v) is 5.96. The van der Waals surface area contributed by atoms with Gasteiger partial charge in [-0.25, -0.2) is 0 Å². The van der Waals surface area contributed by atoms with Gasteiger partial charge in [0.1, 0.15) is 0 Å². The van der Waals surface area contributed by atoms with E-state index in [1.807, 2.05) is 0 Å². The van der Waals surface area contributed by atoms with Crippen molar-refractivity contribution in [1.29, 1.82) is 0 Å². The molecule has 0 aliphatic carbocycles. The number of rotatable bonds is 1. The van der Waals surface area contributed by atoms with Gasteiger partial charge in [-0.3, -0.25) is 4.79 Å². The minimum atomic E-state index is -4.13. The van der Waals surface area contributed by atoms with Crippen molar-refractivity contribution in [1.82, 2.24) is 4.90 Å². The molecular formula is C10H15BrF3NO. The summed E-state index contributed by atoms with van der Waals surface area (Å²) in [6, 6.07) is 0. The van der Waals surface area contributed by atoms with Gasteiger partial charge in [0.05, 0.1) is 10.2 Å². The number of hydrogen-bond acceptors (Lipinski definition) is 1. The Kier molecular flexibility index (Phi) is 3.92. The zero-order valence-corrected chi connectivity index (χ0v) is 10.9. The molecule has 2 nitrogen and oxygen atoms in total. The van der Waals surface area contributed by atoms with Crippen LogP contribution in [-0.4, -0.2) is 34.4 Å². The lowest BCUT2D eigenvalue weighted by atomic mass is 9.95. The van der Waals surface area contributed by atoms with Gasteiger partial charge in [0.2, 0.25) is 5.91 Å². The largest absolute Gasteiger partial charge is 0.391 e. The van der Waals surface area contributed by atoms with Gasteiger partial charge >= 0.3 is 6.18 Å². The lowest BCUT2D eigenvalue weighted by Gasteiger charge is -2.35. The third kappa shape index (κ3) is 3.37. The molecule has 1 saturated heterocycles. The van der Waals surface area contributed by atoms with E-state index < -0.39 is 16.4 Å². The van der Waals surface area contributed by atoms with E-state index in [-0.39, 0.29) is 31.8 Å². The molecule has 0 aromatic carbocycles. The first-order valence-electron chi connectivity index (χ1n) is 5.17. The van der Waals surface area contributed by atoms with E-state index in [1.165, 1.54) is 4.90 Å². The highest BCUT2D eigenvalue weighted by molar-refractivity contribution is 9.10. The topological polar surface area (TPSA) is 20.3 Å². The minimum absolute atomic E-state index is 0.0122. The first-order chi connectivity index (χ1) is 7.12. The maximum atomic E-state index is 12.4. The molecule has 0 N–H and O–H groups in total. The maximum absolute atomic E-state index is 12.4. The van der Waals surface area contributed by atoms with Gasteiger partial charge in [0, 0.05) is 13.1 Å². The number of likely N-dealkylation sites (tertiary alicyclic amines) is 1. The van der Waals surface area contributed by atoms with Crippen LogP contribution in [0.1, 0.15) is 26.7 Å². The van der Waals surface area contributed by atoms with E-state index in [0.717, 1.165) is 0 Å². The highest BCUT2D eigenvalue weighted by atomic mass is 79.9. The van der Waals surface area contributed by atoms with Crippen molar-refractivity contribution < 1.29 is 18.0 Å². The van der Waals surface area contributed by atoms with E-state index in [4.69, 9.17) is 0 Å². The second-order valence-electron chi connectivity index (χ2n) is 4.58. The van der Waals surface area contributed by atoms with Gasteiger partial charge in [0.25, 0.3) is 0 Å². The van der Waals surface area contributed by atoms with Gasteiger partial charge in [0.15, 0.2) is 0 Å². The molecule has 16 heavy (non-hydrogen) atoms. The maximum Gasteiger partial charge on any atom is 0.391 e. The van der Waals surface area contributed by atoms with Crippen LogP contribution in [0.5, 0.6) is 0 Å². The summed E-state index contributed by atoms with van der Waals surface area (Å²) in [4.78, 5) is 13.3. The van der Waals surface area contributed by atoms with E-state index in [9.17, 15) is 18.0 Å². The molecule has 0 aromatic rings. The van der Waals surface area contributed by atoms with Crippen molar-refractivity contribution in [3.63, 3.8) is 0 Å². The van der Waals surface area contributed by atoms with E-state index >= 15 is 0 Å². The van der Waals surface area contributed by atoms with Crippen LogP contribution >= 0.6 is 15.9 Å². The molecule has 0 saturated carbocycles. The molecule has 1 heterocycles. The number of carbonyl (C=O) groups excluding carboxylic acids is 1. The predicted octanol–water partition coefficient (Wildman–Crippen LogP) is 2.96. The zero-order chi connectivity index (χ0) is 12.6. The Labute approximate surface area is 101 Å². The van der Waals surface area contributed by atoms with Crippen molar-refractivity contribution in [2.45, 2.75) is 37.2 Å². The molecule has 6 heteroatoms. The third-order valence-electron chi connectivity index (χ3n) is 2.75. The number of piperidine rings is 1. The molecule has 0 spiro atoms. The molecule has 0 aromatic heterocycles. The van der Waals surface area contributed by atoms with Crippen molar-refractivity contribution in [3.05, 3.63) is 0 Å². The molecule has 0 bridgehead atoms. The predicted molar refractivity (Wildman–Crippen MR) is 58.4 cm³/mol. The molecule has 1 fully saturated rings. The number of nitrogens with zero attached hydrogens (tertiary/aromatic N) is 1. The molecule has 1 aliphatic heterocycles. The second-order valence-corrected chi connectivity index (χ2v) is 6.56. The van der Waals surface area contributed by atoms with Crippen LogP contribution in [0.15, 0.2) is 0 Å². The van der Waals surface area contributed by atoms with E-state index in [0.29, 0.717) is 0 Å². The Morgan fingerprint density at radius 1 is 1.25 bits per heavy atom. The minimum Gasteiger partial charge on any atom is -0.341 e. The summed E-state index contributed by atoms with van der Waals surface area (Å²) in [5.41, 5.74) is 0. The molecule has 1 amide bonds. The molecule has 94 valence electrons. The summed E-state index contributed by atoms with van der Waals surface area (Å²) in [7, 11) is 0. The molecule has 0 radical (unpaired) electrons. The van der Waals surface area contributed by atoms with Gasteiger partial charge < -0.3 is 4.90 Å².